The van der Waals surface area contributed by atoms with Gasteiger partial charge < -0.3 is 13.9 Å². The number of hydrogen-bond donors (Lipinski definition) is 0. The molecule has 1 atom stereocenters. The number of pyridine rings is 1. The number of carbonyl (C=O) groups excluding carboxylic acids is 1. The van der Waals surface area contributed by atoms with Crippen LogP contribution >= 0.6 is 23.2 Å². The monoisotopic (exact) mass is 482 g/mol. The van der Waals surface area contributed by atoms with Crippen LogP contribution in [0.15, 0.2) is 63.9 Å². The Labute approximate surface area is 198 Å². The molecule has 0 bridgehead atoms. The number of methoxy groups -OCH3 is 2. The van der Waals surface area contributed by atoms with Crippen molar-refractivity contribution in [3.05, 3.63) is 91.9 Å². The molecule has 4 aromatic rings. The molecule has 166 valence electrons. The van der Waals surface area contributed by atoms with E-state index in [1.54, 1.807) is 42.5 Å². The average Bonchev–Trinajstić information content (AvgIpc) is 3.12. The summed E-state index contributed by atoms with van der Waals surface area (Å²) >= 11 is 12.1. The van der Waals surface area contributed by atoms with Crippen molar-refractivity contribution in [2.75, 3.05) is 19.1 Å². The van der Waals surface area contributed by atoms with Crippen LogP contribution in [0.4, 0.5) is 5.82 Å². The summed E-state index contributed by atoms with van der Waals surface area (Å²) in [5.74, 6) is 0.740. The fraction of sp³-hybridized carbons (Fsp3) is 0.125. The maximum atomic E-state index is 13.6. The van der Waals surface area contributed by atoms with Gasteiger partial charge in [-0.3, -0.25) is 14.5 Å². The van der Waals surface area contributed by atoms with Crippen LogP contribution < -0.4 is 19.8 Å². The number of benzene rings is 2. The maximum absolute atomic E-state index is 13.6. The van der Waals surface area contributed by atoms with Crippen LogP contribution in [0, 0.1) is 0 Å². The first-order valence-electron chi connectivity index (χ1n) is 9.86. The van der Waals surface area contributed by atoms with Gasteiger partial charge in [0.2, 0.25) is 5.76 Å². The predicted octanol–water partition coefficient (Wildman–Crippen LogP) is 5.26. The number of nitrogens with zero attached hydrogens (tertiary/aromatic N) is 2. The van der Waals surface area contributed by atoms with Crippen molar-refractivity contribution in [1.82, 2.24) is 4.98 Å². The summed E-state index contributed by atoms with van der Waals surface area (Å²) in [5.41, 5.74) is 0.732. The number of anilines is 1. The summed E-state index contributed by atoms with van der Waals surface area (Å²) in [6.07, 6.45) is 1.43. The van der Waals surface area contributed by atoms with Crippen molar-refractivity contribution in [1.29, 1.82) is 0 Å². The van der Waals surface area contributed by atoms with E-state index in [9.17, 15) is 9.59 Å². The Morgan fingerprint density at radius 2 is 1.70 bits per heavy atom. The molecule has 2 aromatic heterocycles. The molecule has 0 N–H and O–H groups in total. The van der Waals surface area contributed by atoms with Crippen molar-refractivity contribution in [2.24, 2.45) is 0 Å². The minimum atomic E-state index is -0.819. The Bertz CT molecular complexity index is 1470. The van der Waals surface area contributed by atoms with E-state index in [0.29, 0.717) is 32.9 Å². The smallest absolute Gasteiger partial charge is 0.296 e. The van der Waals surface area contributed by atoms with E-state index in [4.69, 9.17) is 37.1 Å². The second-order valence-corrected chi connectivity index (χ2v) is 8.21. The lowest BCUT2D eigenvalue weighted by atomic mass is 9.98. The van der Waals surface area contributed by atoms with Gasteiger partial charge in [0, 0.05) is 11.2 Å². The summed E-state index contributed by atoms with van der Waals surface area (Å²) in [7, 11) is 3.04. The topological polar surface area (TPSA) is 81.9 Å². The molecular weight excluding hydrogens is 467 g/mol. The SMILES string of the molecule is COc1ccc(C2c3c(oc4ccc(Cl)cc4c3=O)C(=O)N2c2ccc(Cl)cn2)cc1OC. The molecule has 0 spiro atoms. The number of fused-ring (bicyclic) bond motifs is 2. The number of halogens is 2. The van der Waals surface area contributed by atoms with Crippen LogP contribution in [-0.4, -0.2) is 25.1 Å². The molecule has 0 saturated heterocycles. The summed E-state index contributed by atoms with van der Waals surface area (Å²) < 4.78 is 16.7. The molecular formula is C24H16Cl2N2O5. The van der Waals surface area contributed by atoms with Gasteiger partial charge in [-0.15, -0.1) is 0 Å². The first-order valence-corrected chi connectivity index (χ1v) is 10.6. The van der Waals surface area contributed by atoms with Gasteiger partial charge in [-0.1, -0.05) is 29.3 Å². The van der Waals surface area contributed by atoms with E-state index >= 15 is 0 Å². The highest BCUT2D eigenvalue weighted by atomic mass is 35.5. The van der Waals surface area contributed by atoms with Gasteiger partial charge in [-0.25, -0.2) is 4.98 Å². The zero-order valence-corrected chi connectivity index (χ0v) is 19.0. The van der Waals surface area contributed by atoms with Gasteiger partial charge >= 0.3 is 0 Å². The molecule has 1 unspecified atom stereocenters. The predicted molar refractivity (Wildman–Crippen MR) is 125 cm³/mol. The van der Waals surface area contributed by atoms with E-state index in [-0.39, 0.29) is 27.7 Å². The van der Waals surface area contributed by atoms with Crippen LogP contribution in [0.2, 0.25) is 10.0 Å². The van der Waals surface area contributed by atoms with Gasteiger partial charge in [0.05, 0.1) is 36.2 Å². The summed E-state index contributed by atoms with van der Waals surface area (Å²) in [6.45, 7) is 0. The second kappa shape index (κ2) is 8.10. The molecule has 0 aliphatic carbocycles. The minimum absolute atomic E-state index is 0.0497. The van der Waals surface area contributed by atoms with Gasteiger partial charge in [-0.2, -0.15) is 0 Å². The Kier molecular flexibility index (Phi) is 5.23. The van der Waals surface area contributed by atoms with Crippen molar-refractivity contribution in [2.45, 2.75) is 6.04 Å². The van der Waals surface area contributed by atoms with Crippen molar-refractivity contribution < 1.29 is 18.7 Å². The van der Waals surface area contributed by atoms with Gasteiger partial charge in [0.25, 0.3) is 5.91 Å². The molecule has 33 heavy (non-hydrogen) atoms. The molecule has 1 aliphatic heterocycles. The molecule has 0 fully saturated rings. The van der Waals surface area contributed by atoms with Crippen molar-refractivity contribution >= 4 is 45.9 Å². The van der Waals surface area contributed by atoms with Crippen LogP contribution in [0.1, 0.15) is 27.7 Å². The summed E-state index contributed by atoms with van der Waals surface area (Å²) in [5, 5.41) is 1.09. The Morgan fingerprint density at radius 1 is 0.939 bits per heavy atom. The second-order valence-electron chi connectivity index (χ2n) is 7.34. The van der Waals surface area contributed by atoms with E-state index < -0.39 is 11.9 Å². The molecule has 3 heterocycles. The fourth-order valence-corrected chi connectivity index (χ4v) is 4.31. The van der Waals surface area contributed by atoms with E-state index in [2.05, 4.69) is 4.98 Å². The van der Waals surface area contributed by atoms with Crippen LogP contribution in [0.5, 0.6) is 11.5 Å². The largest absolute Gasteiger partial charge is 0.493 e. The molecule has 0 saturated carbocycles. The third-order valence-electron chi connectivity index (χ3n) is 5.51. The molecule has 9 heteroatoms. The molecule has 1 amide bonds. The first kappa shape index (κ1) is 21.3. The molecule has 2 aromatic carbocycles. The Hall–Kier alpha value is -3.55. The fourth-order valence-electron chi connectivity index (χ4n) is 4.03. The standard InChI is InChI=1S/C24H16Cl2N2O5/c1-31-17-6-3-12(9-18(17)32-2)21-20-22(29)15-10-13(25)4-7-16(15)33-23(20)24(30)28(21)19-8-5-14(26)11-27-19/h3-11,21H,1-2H3. The number of ether oxygens (including phenoxy) is 2. The van der Waals surface area contributed by atoms with Crippen LogP contribution in [0.3, 0.4) is 0 Å². The normalized spacial score (nSPS) is 15.1. The summed E-state index contributed by atoms with van der Waals surface area (Å²) in [6, 6.07) is 12.3. The van der Waals surface area contributed by atoms with Crippen molar-refractivity contribution in [3.8, 4) is 11.5 Å². The molecule has 0 radical (unpaired) electrons. The third-order valence-corrected chi connectivity index (χ3v) is 5.97. The summed E-state index contributed by atoms with van der Waals surface area (Å²) in [4.78, 5) is 32.9. The van der Waals surface area contributed by atoms with Crippen molar-refractivity contribution in [3.63, 3.8) is 0 Å². The zero-order chi connectivity index (χ0) is 23.3. The Morgan fingerprint density at radius 3 is 2.39 bits per heavy atom. The zero-order valence-electron chi connectivity index (χ0n) is 17.5. The molecule has 5 rings (SSSR count). The number of carbonyl (C=O) groups is 1. The number of hydrogen-bond acceptors (Lipinski definition) is 6. The highest BCUT2D eigenvalue weighted by molar-refractivity contribution is 6.31. The molecule has 1 aliphatic rings. The first-order chi connectivity index (χ1) is 15.9. The number of rotatable bonds is 4. The lowest BCUT2D eigenvalue weighted by Gasteiger charge is -2.24. The maximum Gasteiger partial charge on any atom is 0.296 e. The minimum Gasteiger partial charge on any atom is -0.493 e. The quantitative estimate of drug-likeness (QED) is 0.394. The Balaban J connectivity index is 1.81. The van der Waals surface area contributed by atoms with E-state index in [1.807, 2.05) is 0 Å². The number of amides is 1. The lowest BCUT2D eigenvalue weighted by molar-refractivity contribution is 0.0970. The average molecular weight is 483 g/mol. The van der Waals surface area contributed by atoms with Gasteiger partial charge in [-0.05, 0) is 48.0 Å². The van der Waals surface area contributed by atoms with E-state index in [0.717, 1.165) is 0 Å². The van der Waals surface area contributed by atoms with Crippen LogP contribution in [0.25, 0.3) is 11.0 Å². The third kappa shape index (κ3) is 3.41. The van der Waals surface area contributed by atoms with Gasteiger partial charge in [0.1, 0.15) is 11.4 Å². The highest BCUT2D eigenvalue weighted by Crippen LogP contribution is 2.43. The van der Waals surface area contributed by atoms with E-state index in [1.165, 1.54) is 31.4 Å². The highest BCUT2D eigenvalue weighted by Gasteiger charge is 2.44. The lowest BCUT2D eigenvalue weighted by Crippen LogP contribution is -2.30. The van der Waals surface area contributed by atoms with Gasteiger partial charge in [0.15, 0.2) is 16.9 Å². The number of aromatic nitrogens is 1. The molecule has 7 nitrogen and oxygen atoms in total. The van der Waals surface area contributed by atoms with Crippen LogP contribution in [-0.2, 0) is 0 Å².